The van der Waals surface area contributed by atoms with E-state index in [1.165, 1.54) is 13.4 Å². The molecule has 15 heteroatoms. The number of benzene rings is 2. The number of likely N-dealkylation sites (N-methyl/N-ethyl adjacent to an activating group) is 2. The Morgan fingerprint density at radius 2 is 1.76 bits per heavy atom. The van der Waals surface area contributed by atoms with Crippen LogP contribution in [0.3, 0.4) is 0 Å². The number of amides is 3. The maximum absolute atomic E-state index is 13.9. The highest BCUT2D eigenvalue weighted by Crippen LogP contribution is 2.36. The molecule has 2 saturated heterocycles. The van der Waals surface area contributed by atoms with Crippen molar-refractivity contribution >= 4 is 75.5 Å². The molecule has 0 unspecified atom stereocenters. The Hall–Kier alpha value is -3.91. The van der Waals surface area contributed by atoms with Crippen LogP contribution < -0.4 is 30.9 Å². The SMILES string of the molecule is CN[C@@H](C)C(=O)N[C@H](C(=O)N1CCC[C@H]1C(=O)Nc1cc2c(Nc3ccc(N4CCN(C)CC4)c(Cl)c3)ncnc2cc1OC)C(C)(C)C.Cl. The van der Waals surface area contributed by atoms with E-state index in [0.717, 1.165) is 37.6 Å². The van der Waals surface area contributed by atoms with Crippen molar-refractivity contribution in [3.8, 4) is 5.75 Å². The minimum Gasteiger partial charge on any atom is -0.494 e. The Balaban J connectivity index is 0.00000562. The number of likely N-dealkylation sites (tertiary alicyclic amines) is 1. The van der Waals surface area contributed by atoms with Crippen LogP contribution in [0, 0.1) is 5.41 Å². The first kappa shape index (κ1) is 38.9. The third-order valence-electron chi connectivity index (χ3n) is 9.33. The number of hydrogen-bond acceptors (Lipinski definition) is 10. The van der Waals surface area contributed by atoms with E-state index in [4.69, 9.17) is 16.3 Å². The fourth-order valence-corrected chi connectivity index (χ4v) is 6.51. The Morgan fingerprint density at radius 3 is 2.40 bits per heavy atom. The van der Waals surface area contributed by atoms with Gasteiger partial charge in [0, 0.05) is 49.9 Å². The molecule has 0 spiro atoms. The molecule has 0 radical (unpaired) electrons. The molecule has 50 heavy (non-hydrogen) atoms. The summed E-state index contributed by atoms with van der Waals surface area (Å²) in [5, 5.41) is 13.5. The highest BCUT2D eigenvalue weighted by atomic mass is 35.5. The fraction of sp³-hybridized carbons (Fsp3) is 0.514. The van der Waals surface area contributed by atoms with Gasteiger partial charge in [0.15, 0.2) is 0 Å². The number of nitrogens with one attached hydrogen (secondary N) is 4. The molecule has 272 valence electrons. The average Bonchev–Trinajstić information content (AvgIpc) is 3.57. The standard InChI is InChI=1S/C35H48ClN9O4.ClH/c1-21(37-5)32(46)42-30(35(2,3)4)34(48)45-12-8-9-28(45)33(47)41-26-18-23-25(19-29(26)49-7)38-20-39-31(23)40-22-10-11-27(24(36)17-22)44-15-13-43(6)14-16-44;/h10-11,17-21,28,30,37H,8-9,12-16H2,1-7H3,(H,41,47)(H,42,46)(H,38,39,40);1H/t21-,28-,30+;/m0./s1. The van der Waals surface area contributed by atoms with E-state index in [9.17, 15) is 14.4 Å². The van der Waals surface area contributed by atoms with Crippen LogP contribution in [0.2, 0.25) is 5.02 Å². The summed E-state index contributed by atoms with van der Waals surface area (Å²) in [4.78, 5) is 55.6. The van der Waals surface area contributed by atoms with E-state index in [1.54, 1.807) is 31.0 Å². The second-order valence-electron chi connectivity index (χ2n) is 13.9. The summed E-state index contributed by atoms with van der Waals surface area (Å²) in [7, 11) is 5.33. The van der Waals surface area contributed by atoms with E-state index in [1.807, 2.05) is 39.0 Å². The normalized spacial score (nSPS) is 17.9. The molecule has 0 aliphatic carbocycles. The van der Waals surface area contributed by atoms with Crippen molar-refractivity contribution in [2.75, 3.05) is 69.5 Å². The number of piperazine rings is 1. The number of nitrogens with zero attached hydrogens (tertiary/aromatic N) is 5. The molecule has 2 fully saturated rings. The number of halogens is 2. The van der Waals surface area contributed by atoms with Crippen LogP contribution in [-0.2, 0) is 14.4 Å². The van der Waals surface area contributed by atoms with Gasteiger partial charge >= 0.3 is 0 Å². The lowest BCUT2D eigenvalue weighted by molar-refractivity contribution is -0.143. The van der Waals surface area contributed by atoms with Crippen molar-refractivity contribution in [1.29, 1.82) is 0 Å². The summed E-state index contributed by atoms with van der Waals surface area (Å²) < 4.78 is 5.65. The lowest BCUT2D eigenvalue weighted by atomic mass is 9.85. The van der Waals surface area contributed by atoms with Gasteiger partial charge < -0.3 is 40.7 Å². The minimum atomic E-state index is -0.811. The van der Waals surface area contributed by atoms with Gasteiger partial charge in [-0.3, -0.25) is 14.4 Å². The molecule has 0 bridgehead atoms. The highest BCUT2D eigenvalue weighted by molar-refractivity contribution is 6.33. The Kier molecular flexibility index (Phi) is 12.8. The van der Waals surface area contributed by atoms with E-state index < -0.39 is 23.5 Å². The van der Waals surface area contributed by atoms with Crippen LogP contribution in [0.4, 0.5) is 22.9 Å². The maximum Gasteiger partial charge on any atom is 0.247 e. The third kappa shape index (κ3) is 8.68. The van der Waals surface area contributed by atoms with Gasteiger partial charge in [-0.25, -0.2) is 9.97 Å². The molecule has 2 aromatic carbocycles. The summed E-state index contributed by atoms with van der Waals surface area (Å²) in [6.07, 6.45) is 2.62. The highest BCUT2D eigenvalue weighted by Gasteiger charge is 2.42. The van der Waals surface area contributed by atoms with Gasteiger partial charge in [-0.2, -0.15) is 0 Å². The van der Waals surface area contributed by atoms with Crippen molar-refractivity contribution in [2.24, 2.45) is 5.41 Å². The zero-order chi connectivity index (χ0) is 35.5. The second kappa shape index (κ2) is 16.4. The summed E-state index contributed by atoms with van der Waals surface area (Å²) in [5.41, 5.74) is 2.21. The number of methoxy groups -OCH3 is 1. The quantitative estimate of drug-likeness (QED) is 0.239. The van der Waals surface area contributed by atoms with Crippen molar-refractivity contribution in [3.63, 3.8) is 0 Å². The monoisotopic (exact) mass is 729 g/mol. The van der Waals surface area contributed by atoms with Crippen LogP contribution in [0.5, 0.6) is 5.75 Å². The van der Waals surface area contributed by atoms with Crippen molar-refractivity contribution in [2.45, 2.75) is 58.7 Å². The molecule has 1 aromatic heterocycles. The number of fused-ring (bicyclic) bond motifs is 1. The summed E-state index contributed by atoms with van der Waals surface area (Å²) in [5.74, 6) is 0.0376. The van der Waals surface area contributed by atoms with E-state index in [-0.39, 0.29) is 30.1 Å². The number of aromatic nitrogens is 2. The summed E-state index contributed by atoms with van der Waals surface area (Å²) in [6, 6.07) is 7.37. The topological polar surface area (TPSA) is 144 Å². The number of anilines is 4. The number of carbonyl (C=O) groups excluding carboxylic acids is 3. The van der Waals surface area contributed by atoms with Crippen molar-refractivity contribution in [1.82, 2.24) is 30.4 Å². The van der Waals surface area contributed by atoms with Crippen LogP contribution in [0.1, 0.15) is 40.5 Å². The predicted octanol–water partition coefficient (Wildman–Crippen LogP) is 4.28. The number of rotatable bonds is 10. The predicted molar refractivity (Wildman–Crippen MR) is 201 cm³/mol. The first-order valence-corrected chi connectivity index (χ1v) is 17.1. The Morgan fingerprint density at radius 1 is 1.04 bits per heavy atom. The van der Waals surface area contributed by atoms with E-state index >= 15 is 0 Å². The van der Waals surface area contributed by atoms with E-state index in [2.05, 4.69) is 48.1 Å². The van der Waals surface area contributed by atoms with Crippen molar-refractivity contribution < 1.29 is 19.1 Å². The zero-order valence-corrected chi connectivity index (χ0v) is 31.4. The lowest BCUT2D eigenvalue weighted by Crippen LogP contribution is -2.59. The molecule has 3 aromatic rings. The third-order valence-corrected chi connectivity index (χ3v) is 9.64. The summed E-state index contributed by atoms with van der Waals surface area (Å²) in [6.45, 7) is 11.6. The van der Waals surface area contributed by atoms with Gasteiger partial charge in [0.1, 0.15) is 30.0 Å². The number of hydrogen-bond donors (Lipinski definition) is 4. The summed E-state index contributed by atoms with van der Waals surface area (Å²) >= 11 is 6.75. The fourth-order valence-electron chi connectivity index (χ4n) is 6.21. The Bertz CT molecular complexity index is 1690. The first-order chi connectivity index (χ1) is 23.3. The number of ether oxygens (including phenoxy) is 1. The van der Waals surface area contributed by atoms with Gasteiger partial charge in [0.05, 0.1) is 35.1 Å². The zero-order valence-electron chi connectivity index (χ0n) is 29.8. The van der Waals surface area contributed by atoms with E-state index in [0.29, 0.717) is 52.6 Å². The van der Waals surface area contributed by atoms with Gasteiger partial charge in [-0.1, -0.05) is 32.4 Å². The number of carbonyl (C=O) groups is 3. The Labute approximate surface area is 305 Å². The smallest absolute Gasteiger partial charge is 0.247 e. The lowest BCUT2D eigenvalue weighted by Gasteiger charge is -2.36. The second-order valence-corrected chi connectivity index (χ2v) is 14.3. The molecule has 13 nitrogen and oxygen atoms in total. The molecule has 5 rings (SSSR count). The van der Waals surface area contributed by atoms with Crippen molar-refractivity contribution in [3.05, 3.63) is 41.7 Å². The molecule has 4 N–H and O–H groups in total. The molecule has 0 saturated carbocycles. The molecule has 2 aliphatic rings. The molecule has 3 amide bonds. The first-order valence-electron chi connectivity index (χ1n) is 16.7. The van der Waals surface area contributed by atoms with Crippen LogP contribution in [0.15, 0.2) is 36.7 Å². The average molecular weight is 731 g/mol. The molecule has 3 atom stereocenters. The molecular weight excluding hydrogens is 681 g/mol. The van der Waals surface area contributed by atoms with Crippen LogP contribution in [0.25, 0.3) is 10.9 Å². The van der Waals surface area contributed by atoms with Crippen LogP contribution >= 0.6 is 24.0 Å². The van der Waals surface area contributed by atoms with Gasteiger partial charge in [0.25, 0.3) is 0 Å². The largest absolute Gasteiger partial charge is 0.494 e. The maximum atomic E-state index is 13.9. The molecule has 3 heterocycles. The van der Waals surface area contributed by atoms with Gasteiger partial charge in [-0.15, -0.1) is 12.4 Å². The molecule has 2 aliphatic heterocycles. The van der Waals surface area contributed by atoms with Gasteiger partial charge in [-0.05, 0) is 63.5 Å². The van der Waals surface area contributed by atoms with Gasteiger partial charge in [0.2, 0.25) is 17.7 Å². The minimum absolute atomic E-state index is 0. The van der Waals surface area contributed by atoms with Crippen LogP contribution in [-0.4, -0.2) is 110 Å². The molecular formula is C35H49Cl2N9O4.